The van der Waals surface area contributed by atoms with Gasteiger partial charge in [0.05, 0.1) is 36.0 Å². The zero-order chi connectivity index (χ0) is 21.1. The number of rotatable bonds is 6. The number of hydrogen-bond donors (Lipinski definition) is 1. The highest BCUT2D eigenvalue weighted by Crippen LogP contribution is 2.33. The summed E-state index contributed by atoms with van der Waals surface area (Å²) in [7, 11) is 2.86. The highest BCUT2D eigenvalue weighted by Gasteiger charge is 2.21. The lowest BCUT2D eigenvalue weighted by Crippen LogP contribution is -2.13. The molecule has 0 saturated carbocycles. The van der Waals surface area contributed by atoms with Crippen LogP contribution in [0.4, 0.5) is 10.1 Å². The van der Waals surface area contributed by atoms with Gasteiger partial charge in [-0.2, -0.15) is 5.10 Å². The first kappa shape index (κ1) is 19.7. The van der Waals surface area contributed by atoms with Crippen molar-refractivity contribution in [3.8, 4) is 27.8 Å². The maximum Gasteiger partial charge on any atom is 0.259 e. The van der Waals surface area contributed by atoms with Gasteiger partial charge in [-0.1, -0.05) is 24.3 Å². The van der Waals surface area contributed by atoms with E-state index in [2.05, 4.69) is 10.4 Å². The van der Waals surface area contributed by atoms with Gasteiger partial charge in [0.2, 0.25) is 0 Å². The van der Waals surface area contributed by atoms with E-state index in [0.29, 0.717) is 17.0 Å². The number of para-hydroxylation sites is 1. The molecule has 0 radical (unpaired) electrons. The molecule has 2 aromatic heterocycles. The third-order valence-corrected chi connectivity index (χ3v) is 5.33. The van der Waals surface area contributed by atoms with Crippen LogP contribution in [0.15, 0.2) is 66.2 Å². The van der Waals surface area contributed by atoms with Gasteiger partial charge >= 0.3 is 0 Å². The Bertz CT molecular complexity index is 1170. The molecule has 0 atom stereocenters. The van der Waals surface area contributed by atoms with Crippen LogP contribution in [-0.2, 0) is 0 Å². The normalized spacial score (nSPS) is 10.6. The van der Waals surface area contributed by atoms with E-state index in [1.165, 1.54) is 37.7 Å². The lowest BCUT2D eigenvalue weighted by molar-refractivity contribution is 0.102. The molecule has 0 aliphatic carbocycles. The molecular formula is C22H18FN3O3S. The van der Waals surface area contributed by atoms with E-state index >= 15 is 0 Å². The number of thiophene rings is 1. The minimum atomic E-state index is -0.630. The van der Waals surface area contributed by atoms with Gasteiger partial charge in [-0.3, -0.25) is 4.79 Å². The molecule has 30 heavy (non-hydrogen) atoms. The van der Waals surface area contributed by atoms with Gasteiger partial charge in [-0.25, -0.2) is 9.07 Å². The van der Waals surface area contributed by atoms with Crippen LogP contribution in [0.2, 0.25) is 0 Å². The standard InChI is InChI=1S/C22H18FN3O3S/c1-28-18-11-16(23)17(12-19(18)29-2)24-22(27)15-13-26(14-7-4-3-5-8-14)25-21(15)20-9-6-10-30-20/h3-13H,1-2H3,(H,24,27). The fraction of sp³-hybridized carbons (Fsp3) is 0.0909. The van der Waals surface area contributed by atoms with E-state index in [9.17, 15) is 9.18 Å². The number of ether oxygens (including phenoxy) is 2. The number of nitrogens with one attached hydrogen (secondary N) is 1. The molecule has 0 spiro atoms. The SMILES string of the molecule is COc1cc(F)c(NC(=O)c2cn(-c3ccccc3)nc2-c2cccs2)cc1OC. The lowest BCUT2D eigenvalue weighted by atomic mass is 10.2. The molecule has 1 N–H and O–H groups in total. The molecule has 0 fully saturated rings. The predicted molar refractivity (Wildman–Crippen MR) is 114 cm³/mol. The summed E-state index contributed by atoms with van der Waals surface area (Å²) in [5, 5.41) is 9.13. The molecule has 0 unspecified atom stereocenters. The Morgan fingerprint density at radius 3 is 2.47 bits per heavy atom. The van der Waals surface area contributed by atoms with Crippen LogP contribution in [-0.4, -0.2) is 29.9 Å². The number of hydrogen-bond acceptors (Lipinski definition) is 5. The third-order valence-electron chi connectivity index (χ3n) is 4.46. The summed E-state index contributed by atoms with van der Waals surface area (Å²) >= 11 is 1.47. The first-order valence-electron chi connectivity index (χ1n) is 9.02. The zero-order valence-corrected chi connectivity index (χ0v) is 17.1. The Labute approximate surface area is 176 Å². The molecule has 152 valence electrons. The fourth-order valence-corrected chi connectivity index (χ4v) is 3.71. The smallest absolute Gasteiger partial charge is 0.259 e. The quantitative estimate of drug-likeness (QED) is 0.474. The zero-order valence-electron chi connectivity index (χ0n) is 16.3. The van der Waals surface area contributed by atoms with Crippen LogP contribution in [0.25, 0.3) is 16.3 Å². The van der Waals surface area contributed by atoms with E-state index in [-0.39, 0.29) is 11.4 Å². The summed E-state index contributed by atoms with van der Waals surface area (Å²) in [6.45, 7) is 0. The second-order valence-corrected chi connectivity index (χ2v) is 7.24. The number of carbonyl (C=O) groups is 1. The first-order valence-corrected chi connectivity index (χ1v) is 9.90. The molecule has 0 saturated heterocycles. The predicted octanol–water partition coefficient (Wildman–Crippen LogP) is 5.01. The highest BCUT2D eigenvalue weighted by molar-refractivity contribution is 7.13. The summed E-state index contributed by atoms with van der Waals surface area (Å²) in [5.41, 5.74) is 1.65. The van der Waals surface area contributed by atoms with Crippen LogP contribution >= 0.6 is 11.3 Å². The van der Waals surface area contributed by atoms with Crippen molar-refractivity contribution in [2.75, 3.05) is 19.5 Å². The minimum Gasteiger partial charge on any atom is -0.493 e. The Morgan fingerprint density at radius 1 is 1.07 bits per heavy atom. The van der Waals surface area contributed by atoms with Crippen molar-refractivity contribution in [3.63, 3.8) is 0 Å². The monoisotopic (exact) mass is 423 g/mol. The summed E-state index contributed by atoms with van der Waals surface area (Å²) in [5.74, 6) is -0.558. The van der Waals surface area contributed by atoms with E-state index in [1.54, 1.807) is 10.9 Å². The molecule has 0 aliphatic heterocycles. The number of carbonyl (C=O) groups excluding carboxylic acids is 1. The van der Waals surface area contributed by atoms with Crippen LogP contribution in [0.1, 0.15) is 10.4 Å². The number of anilines is 1. The molecule has 0 bridgehead atoms. The van der Waals surface area contributed by atoms with Crippen LogP contribution in [0, 0.1) is 5.82 Å². The van der Waals surface area contributed by atoms with Crippen molar-refractivity contribution in [1.29, 1.82) is 0 Å². The van der Waals surface area contributed by atoms with Gasteiger partial charge in [0.15, 0.2) is 17.3 Å². The second kappa shape index (κ2) is 8.38. The van der Waals surface area contributed by atoms with Crippen molar-refractivity contribution < 1.29 is 18.7 Å². The van der Waals surface area contributed by atoms with E-state index in [4.69, 9.17) is 9.47 Å². The maximum absolute atomic E-state index is 14.5. The summed E-state index contributed by atoms with van der Waals surface area (Å²) in [6.07, 6.45) is 1.64. The van der Waals surface area contributed by atoms with Gasteiger partial charge in [0.1, 0.15) is 5.69 Å². The van der Waals surface area contributed by atoms with Crippen LogP contribution < -0.4 is 14.8 Å². The van der Waals surface area contributed by atoms with Crippen molar-refractivity contribution >= 4 is 22.9 Å². The van der Waals surface area contributed by atoms with Gasteiger partial charge < -0.3 is 14.8 Å². The average Bonchev–Trinajstić information content (AvgIpc) is 3.45. The van der Waals surface area contributed by atoms with Crippen molar-refractivity contribution in [2.24, 2.45) is 0 Å². The van der Waals surface area contributed by atoms with Gasteiger partial charge in [-0.15, -0.1) is 11.3 Å². The third kappa shape index (κ3) is 3.77. The van der Waals surface area contributed by atoms with Crippen molar-refractivity contribution in [1.82, 2.24) is 9.78 Å². The van der Waals surface area contributed by atoms with Crippen molar-refractivity contribution in [2.45, 2.75) is 0 Å². The molecule has 2 heterocycles. The Hall–Kier alpha value is -3.65. The molecule has 2 aromatic carbocycles. The number of amides is 1. The fourth-order valence-electron chi connectivity index (χ4n) is 2.99. The summed E-state index contributed by atoms with van der Waals surface area (Å²) in [4.78, 5) is 13.9. The van der Waals surface area contributed by atoms with E-state index in [1.807, 2.05) is 47.8 Å². The summed E-state index contributed by atoms with van der Waals surface area (Å²) in [6, 6.07) is 15.8. The average molecular weight is 423 g/mol. The molecule has 1 amide bonds. The van der Waals surface area contributed by atoms with Gasteiger partial charge in [0.25, 0.3) is 5.91 Å². The van der Waals surface area contributed by atoms with Crippen LogP contribution in [0.5, 0.6) is 11.5 Å². The molecule has 4 rings (SSSR count). The lowest BCUT2D eigenvalue weighted by Gasteiger charge is -2.11. The number of aromatic nitrogens is 2. The number of nitrogens with zero attached hydrogens (tertiary/aromatic N) is 2. The second-order valence-electron chi connectivity index (χ2n) is 6.29. The molecule has 8 heteroatoms. The Morgan fingerprint density at radius 2 is 1.80 bits per heavy atom. The molecule has 6 nitrogen and oxygen atoms in total. The van der Waals surface area contributed by atoms with E-state index in [0.717, 1.165) is 10.6 Å². The Balaban J connectivity index is 1.73. The number of halogens is 1. The summed E-state index contributed by atoms with van der Waals surface area (Å²) < 4.78 is 26.4. The number of methoxy groups -OCH3 is 2. The molecule has 0 aliphatic rings. The van der Waals surface area contributed by atoms with Gasteiger partial charge in [0, 0.05) is 18.3 Å². The van der Waals surface area contributed by atoms with Crippen LogP contribution in [0.3, 0.4) is 0 Å². The molecule has 4 aromatic rings. The maximum atomic E-state index is 14.5. The first-order chi connectivity index (χ1) is 14.6. The largest absolute Gasteiger partial charge is 0.493 e. The molecular weight excluding hydrogens is 405 g/mol. The Kier molecular flexibility index (Phi) is 5.49. The van der Waals surface area contributed by atoms with E-state index < -0.39 is 11.7 Å². The van der Waals surface area contributed by atoms with Crippen molar-refractivity contribution in [3.05, 3.63) is 77.6 Å². The highest BCUT2D eigenvalue weighted by atomic mass is 32.1. The minimum absolute atomic E-state index is 0.0118. The van der Waals surface area contributed by atoms with Gasteiger partial charge in [-0.05, 0) is 23.6 Å². The number of benzene rings is 2. The topological polar surface area (TPSA) is 65.4 Å².